The first kappa shape index (κ1) is 14.1. The van der Waals surface area contributed by atoms with Gasteiger partial charge in [-0.05, 0) is 30.9 Å². The maximum Gasteiger partial charge on any atom is 0.303 e. The number of aliphatic carboxylic acids is 1. The van der Waals surface area contributed by atoms with Crippen LogP contribution in [-0.4, -0.2) is 15.6 Å². The molecule has 1 aromatic heterocycles. The van der Waals surface area contributed by atoms with Crippen LogP contribution >= 0.6 is 0 Å². The molecular formula is C16H18N2O2. The number of carboxylic acids is 1. The van der Waals surface area contributed by atoms with Crippen LogP contribution in [-0.2, 0) is 17.8 Å². The molecule has 0 saturated heterocycles. The number of hydrogen-bond acceptors (Lipinski definition) is 2. The van der Waals surface area contributed by atoms with E-state index in [9.17, 15) is 4.79 Å². The molecule has 1 N–H and O–H groups in total. The van der Waals surface area contributed by atoms with Crippen LogP contribution in [0, 0.1) is 11.3 Å². The fraction of sp³-hybridized carbons (Fsp3) is 0.375. The van der Waals surface area contributed by atoms with Crippen LogP contribution in [0.2, 0.25) is 0 Å². The van der Waals surface area contributed by atoms with Gasteiger partial charge in [-0.15, -0.1) is 0 Å². The molecule has 0 radical (unpaired) electrons. The molecule has 1 heterocycles. The standard InChI is InChI=1S/C16H18N2O2/c17-10-4-1-5-11-18-12-13(8-9-16(19)20)14-6-2-3-7-15(14)18/h2-3,6-7,12H,1,4-5,8-9,11H2,(H,19,20). The number of aromatic nitrogens is 1. The number of nitrogens with zero attached hydrogens (tertiary/aromatic N) is 2. The van der Waals surface area contributed by atoms with Gasteiger partial charge in [-0.2, -0.15) is 5.26 Å². The van der Waals surface area contributed by atoms with Crippen molar-refractivity contribution in [2.75, 3.05) is 0 Å². The Bertz CT molecular complexity index is 637. The number of benzene rings is 1. The third-order valence-corrected chi connectivity index (χ3v) is 3.42. The SMILES string of the molecule is N#CCCCCn1cc(CCC(=O)O)c2ccccc21. The molecule has 1 aromatic carbocycles. The fourth-order valence-electron chi connectivity index (χ4n) is 2.43. The van der Waals surface area contributed by atoms with E-state index in [1.807, 2.05) is 18.2 Å². The first-order valence-electron chi connectivity index (χ1n) is 6.88. The summed E-state index contributed by atoms with van der Waals surface area (Å²) in [5.41, 5.74) is 2.23. The van der Waals surface area contributed by atoms with Gasteiger partial charge in [-0.3, -0.25) is 4.79 Å². The second-order valence-corrected chi connectivity index (χ2v) is 4.87. The highest BCUT2D eigenvalue weighted by atomic mass is 16.4. The molecule has 104 valence electrons. The number of carboxylic acid groups (broad SMARTS) is 1. The molecule has 0 amide bonds. The molecule has 0 unspecified atom stereocenters. The van der Waals surface area contributed by atoms with Crippen molar-refractivity contribution < 1.29 is 9.90 Å². The lowest BCUT2D eigenvalue weighted by atomic mass is 10.1. The highest BCUT2D eigenvalue weighted by Crippen LogP contribution is 2.23. The van der Waals surface area contributed by atoms with Crippen molar-refractivity contribution in [3.8, 4) is 6.07 Å². The summed E-state index contributed by atoms with van der Waals surface area (Å²) in [6, 6.07) is 10.2. The zero-order chi connectivity index (χ0) is 14.4. The van der Waals surface area contributed by atoms with E-state index in [2.05, 4.69) is 22.9 Å². The summed E-state index contributed by atoms with van der Waals surface area (Å²) < 4.78 is 2.17. The quantitative estimate of drug-likeness (QED) is 0.784. The Morgan fingerprint density at radius 3 is 2.85 bits per heavy atom. The van der Waals surface area contributed by atoms with Gasteiger partial charge in [0.2, 0.25) is 0 Å². The lowest BCUT2D eigenvalue weighted by Gasteiger charge is -2.03. The molecule has 0 saturated carbocycles. The normalized spacial score (nSPS) is 10.6. The van der Waals surface area contributed by atoms with Gasteiger partial charge in [0.15, 0.2) is 0 Å². The monoisotopic (exact) mass is 270 g/mol. The first-order chi connectivity index (χ1) is 9.72. The van der Waals surface area contributed by atoms with Gasteiger partial charge < -0.3 is 9.67 Å². The molecular weight excluding hydrogens is 252 g/mol. The van der Waals surface area contributed by atoms with Crippen LogP contribution in [0.5, 0.6) is 0 Å². The lowest BCUT2D eigenvalue weighted by Crippen LogP contribution is -1.97. The van der Waals surface area contributed by atoms with E-state index in [-0.39, 0.29) is 6.42 Å². The first-order valence-corrected chi connectivity index (χ1v) is 6.88. The van der Waals surface area contributed by atoms with E-state index in [1.54, 1.807) is 0 Å². The molecule has 0 fully saturated rings. The third-order valence-electron chi connectivity index (χ3n) is 3.42. The van der Waals surface area contributed by atoms with Crippen molar-refractivity contribution in [3.05, 3.63) is 36.0 Å². The molecule has 0 bridgehead atoms. The average Bonchev–Trinajstić information content (AvgIpc) is 2.80. The van der Waals surface area contributed by atoms with E-state index in [0.717, 1.165) is 35.9 Å². The highest BCUT2D eigenvalue weighted by molar-refractivity contribution is 5.84. The summed E-state index contributed by atoms with van der Waals surface area (Å²) in [5, 5.41) is 18.5. The van der Waals surface area contributed by atoms with Crippen molar-refractivity contribution in [1.82, 2.24) is 4.57 Å². The molecule has 0 aliphatic heterocycles. The number of unbranched alkanes of at least 4 members (excludes halogenated alkanes) is 2. The van der Waals surface area contributed by atoms with Crippen LogP contribution in [0.25, 0.3) is 10.9 Å². The molecule has 4 nitrogen and oxygen atoms in total. The Morgan fingerprint density at radius 1 is 1.30 bits per heavy atom. The predicted molar refractivity (Wildman–Crippen MR) is 77.4 cm³/mol. The number of carbonyl (C=O) groups is 1. The van der Waals surface area contributed by atoms with Crippen LogP contribution in [0.1, 0.15) is 31.2 Å². The van der Waals surface area contributed by atoms with Gasteiger partial charge >= 0.3 is 5.97 Å². The van der Waals surface area contributed by atoms with Gasteiger partial charge in [0.1, 0.15) is 0 Å². The maximum absolute atomic E-state index is 10.7. The summed E-state index contributed by atoms with van der Waals surface area (Å²) in [4.78, 5) is 10.7. The van der Waals surface area contributed by atoms with Gasteiger partial charge in [0, 0.05) is 36.5 Å². The van der Waals surface area contributed by atoms with E-state index in [1.165, 1.54) is 0 Å². The second kappa shape index (κ2) is 6.76. The number of hydrogen-bond donors (Lipinski definition) is 1. The zero-order valence-corrected chi connectivity index (χ0v) is 11.4. The summed E-state index contributed by atoms with van der Waals surface area (Å²) in [7, 11) is 0. The van der Waals surface area contributed by atoms with E-state index < -0.39 is 5.97 Å². The van der Waals surface area contributed by atoms with Gasteiger partial charge in [0.25, 0.3) is 0 Å². The van der Waals surface area contributed by atoms with Gasteiger partial charge in [0.05, 0.1) is 6.07 Å². The molecule has 0 atom stereocenters. The van der Waals surface area contributed by atoms with E-state index >= 15 is 0 Å². The Morgan fingerprint density at radius 2 is 2.10 bits per heavy atom. The number of fused-ring (bicyclic) bond motifs is 1. The highest BCUT2D eigenvalue weighted by Gasteiger charge is 2.09. The summed E-state index contributed by atoms with van der Waals surface area (Å²) in [5.74, 6) is -0.768. The fourth-order valence-corrected chi connectivity index (χ4v) is 2.43. The van der Waals surface area contributed by atoms with Crippen molar-refractivity contribution in [2.45, 2.75) is 38.6 Å². The minimum atomic E-state index is -0.768. The minimum absolute atomic E-state index is 0.155. The number of rotatable bonds is 7. The number of aryl methyl sites for hydroxylation is 2. The average molecular weight is 270 g/mol. The molecule has 0 spiro atoms. The van der Waals surface area contributed by atoms with Gasteiger partial charge in [-0.25, -0.2) is 0 Å². The Balaban J connectivity index is 2.17. The largest absolute Gasteiger partial charge is 0.481 e. The summed E-state index contributed by atoms with van der Waals surface area (Å²) in [6.45, 7) is 0.870. The lowest BCUT2D eigenvalue weighted by molar-refractivity contribution is -0.136. The third kappa shape index (κ3) is 3.39. The zero-order valence-electron chi connectivity index (χ0n) is 11.4. The number of para-hydroxylation sites is 1. The van der Waals surface area contributed by atoms with Crippen LogP contribution in [0.15, 0.2) is 30.5 Å². The van der Waals surface area contributed by atoms with Crippen LogP contribution in [0.3, 0.4) is 0 Å². The summed E-state index contributed by atoms with van der Waals surface area (Å²) >= 11 is 0. The molecule has 0 aliphatic rings. The maximum atomic E-state index is 10.7. The molecule has 20 heavy (non-hydrogen) atoms. The number of nitriles is 1. The molecule has 0 aliphatic carbocycles. The van der Waals surface area contributed by atoms with E-state index in [4.69, 9.17) is 10.4 Å². The van der Waals surface area contributed by atoms with Crippen molar-refractivity contribution in [2.24, 2.45) is 0 Å². The molecule has 4 heteroatoms. The van der Waals surface area contributed by atoms with Crippen LogP contribution < -0.4 is 0 Å². The Hall–Kier alpha value is -2.28. The van der Waals surface area contributed by atoms with Crippen molar-refractivity contribution in [3.63, 3.8) is 0 Å². The molecule has 2 aromatic rings. The van der Waals surface area contributed by atoms with Crippen molar-refractivity contribution in [1.29, 1.82) is 5.26 Å². The predicted octanol–water partition coefficient (Wildman–Crippen LogP) is 3.35. The van der Waals surface area contributed by atoms with Gasteiger partial charge in [-0.1, -0.05) is 18.2 Å². The smallest absolute Gasteiger partial charge is 0.303 e. The van der Waals surface area contributed by atoms with Crippen molar-refractivity contribution >= 4 is 16.9 Å². The van der Waals surface area contributed by atoms with E-state index in [0.29, 0.717) is 12.8 Å². The minimum Gasteiger partial charge on any atom is -0.481 e. The second-order valence-electron chi connectivity index (χ2n) is 4.87. The summed E-state index contributed by atoms with van der Waals surface area (Å²) in [6.07, 6.45) is 5.21. The Labute approximate surface area is 118 Å². The van der Waals surface area contributed by atoms with Crippen LogP contribution in [0.4, 0.5) is 0 Å². The molecule has 2 rings (SSSR count). The topological polar surface area (TPSA) is 66.0 Å². The Kier molecular flexibility index (Phi) is 4.78.